The molecule has 1 atom stereocenters. The van der Waals surface area contributed by atoms with Crippen molar-refractivity contribution in [2.45, 2.75) is 51.0 Å². The summed E-state index contributed by atoms with van der Waals surface area (Å²) in [7, 11) is 0. The Hall–Kier alpha value is -2.02. The number of ether oxygens (including phenoxy) is 1. The zero-order valence-electron chi connectivity index (χ0n) is 14.8. The Morgan fingerprint density at radius 2 is 1.96 bits per heavy atom. The van der Waals surface area contributed by atoms with Gasteiger partial charge in [-0.25, -0.2) is 8.78 Å². The molecule has 144 valence electrons. The number of Topliss-reactive ketones (excluding diaryl/α,β-unsaturated/α-hetero) is 1. The molecule has 1 aliphatic rings. The molecule has 0 spiro atoms. The first-order valence-electron chi connectivity index (χ1n) is 9.12. The van der Waals surface area contributed by atoms with Crippen molar-refractivity contribution < 1.29 is 23.1 Å². The highest BCUT2D eigenvalue weighted by atomic mass is 19.1. The summed E-state index contributed by atoms with van der Waals surface area (Å²) in [6.45, 7) is 0.0705. The Bertz CT molecular complexity index is 619. The van der Waals surface area contributed by atoms with Gasteiger partial charge in [-0.05, 0) is 50.8 Å². The van der Waals surface area contributed by atoms with Crippen LogP contribution in [0.15, 0.2) is 18.2 Å². The van der Waals surface area contributed by atoms with Gasteiger partial charge in [-0.2, -0.15) is 0 Å². The van der Waals surface area contributed by atoms with Gasteiger partial charge in [0.25, 0.3) is 0 Å². The van der Waals surface area contributed by atoms with E-state index in [0.717, 1.165) is 50.3 Å². The lowest BCUT2D eigenvalue weighted by atomic mass is 10.0. The molecule has 26 heavy (non-hydrogen) atoms. The molecule has 1 saturated carbocycles. The second-order valence-electron chi connectivity index (χ2n) is 6.66. The van der Waals surface area contributed by atoms with E-state index in [4.69, 9.17) is 10.5 Å². The summed E-state index contributed by atoms with van der Waals surface area (Å²) in [5, 5.41) is 2.80. The van der Waals surface area contributed by atoms with Crippen molar-refractivity contribution in [3.63, 3.8) is 0 Å². The van der Waals surface area contributed by atoms with E-state index in [1.165, 1.54) is 0 Å². The lowest BCUT2D eigenvalue weighted by Gasteiger charge is -2.20. The van der Waals surface area contributed by atoms with E-state index < -0.39 is 24.3 Å². The summed E-state index contributed by atoms with van der Waals surface area (Å²) in [5.74, 6) is -2.25. The number of carbonyl (C=O) groups is 2. The van der Waals surface area contributed by atoms with E-state index in [2.05, 4.69) is 5.32 Å². The van der Waals surface area contributed by atoms with Crippen LogP contribution in [0, 0.1) is 17.6 Å². The number of rotatable bonds is 10. The van der Waals surface area contributed by atoms with Crippen molar-refractivity contribution in [1.82, 2.24) is 5.32 Å². The van der Waals surface area contributed by atoms with Gasteiger partial charge in [-0.3, -0.25) is 9.59 Å². The molecule has 0 saturated heterocycles. The molecule has 5 nitrogen and oxygen atoms in total. The third-order valence-electron chi connectivity index (χ3n) is 4.64. The van der Waals surface area contributed by atoms with Crippen LogP contribution in [0.25, 0.3) is 0 Å². The lowest BCUT2D eigenvalue weighted by Crippen LogP contribution is -2.45. The third kappa shape index (κ3) is 6.05. The first-order valence-corrected chi connectivity index (χ1v) is 9.12. The Balaban J connectivity index is 1.94. The quantitative estimate of drug-likeness (QED) is 0.622. The van der Waals surface area contributed by atoms with E-state index in [0.29, 0.717) is 19.4 Å². The number of ketones is 1. The van der Waals surface area contributed by atoms with Crippen LogP contribution in [0.3, 0.4) is 0 Å². The van der Waals surface area contributed by atoms with E-state index in [1.54, 1.807) is 0 Å². The van der Waals surface area contributed by atoms with Crippen molar-refractivity contribution in [2.24, 2.45) is 11.7 Å². The van der Waals surface area contributed by atoms with Crippen LogP contribution < -0.4 is 15.8 Å². The van der Waals surface area contributed by atoms with Crippen molar-refractivity contribution in [3.05, 3.63) is 29.8 Å². The molecule has 0 aromatic heterocycles. The number of benzene rings is 1. The van der Waals surface area contributed by atoms with E-state index in [1.807, 2.05) is 0 Å². The van der Waals surface area contributed by atoms with E-state index in [9.17, 15) is 18.4 Å². The van der Waals surface area contributed by atoms with Crippen LogP contribution in [0.4, 0.5) is 8.78 Å². The molecule has 1 aromatic carbocycles. The maximum absolute atomic E-state index is 13.6. The summed E-state index contributed by atoms with van der Waals surface area (Å²) in [4.78, 5) is 24.8. The second kappa shape index (κ2) is 10.2. The van der Waals surface area contributed by atoms with Gasteiger partial charge in [-0.1, -0.05) is 12.8 Å². The number of nitrogens with two attached hydrogens (primary N) is 1. The Morgan fingerprint density at radius 1 is 1.23 bits per heavy atom. The highest BCUT2D eigenvalue weighted by Gasteiger charge is 2.27. The summed E-state index contributed by atoms with van der Waals surface area (Å²) in [5.41, 5.74) is 5.48. The first-order chi connectivity index (χ1) is 12.5. The maximum Gasteiger partial charge on any atom is 0.223 e. The van der Waals surface area contributed by atoms with Gasteiger partial charge in [0.2, 0.25) is 5.91 Å². The minimum absolute atomic E-state index is 0.0543. The fraction of sp³-hybridized carbons (Fsp3) is 0.579. The number of carbonyl (C=O) groups excluding carboxylic acids is 2. The molecule has 1 aliphatic carbocycles. The van der Waals surface area contributed by atoms with Gasteiger partial charge in [0.1, 0.15) is 12.4 Å². The molecule has 3 N–H and O–H groups in total. The molecule has 2 rings (SSSR count). The first kappa shape index (κ1) is 20.3. The number of nitrogens with one attached hydrogen (secondary N) is 1. The van der Waals surface area contributed by atoms with Crippen LogP contribution in [0.1, 0.15) is 44.9 Å². The van der Waals surface area contributed by atoms with Crippen molar-refractivity contribution in [2.75, 3.05) is 13.2 Å². The van der Waals surface area contributed by atoms with Crippen LogP contribution in [0.5, 0.6) is 5.75 Å². The zero-order chi connectivity index (χ0) is 18.9. The number of hydrogen-bond acceptors (Lipinski definition) is 4. The van der Waals surface area contributed by atoms with Gasteiger partial charge < -0.3 is 15.8 Å². The highest BCUT2D eigenvalue weighted by Crippen LogP contribution is 2.25. The van der Waals surface area contributed by atoms with E-state index in [-0.39, 0.29) is 23.4 Å². The SMILES string of the molecule is NCCCCC(NC(=O)C1CCCC1)C(=O)COc1cc(F)ccc1F. The Kier molecular flexibility index (Phi) is 7.97. The third-order valence-corrected chi connectivity index (χ3v) is 4.64. The van der Waals surface area contributed by atoms with Crippen molar-refractivity contribution in [3.8, 4) is 5.75 Å². The molecule has 0 bridgehead atoms. The van der Waals surface area contributed by atoms with Crippen molar-refractivity contribution in [1.29, 1.82) is 0 Å². The number of unbranched alkanes of at least 4 members (excludes halogenated alkanes) is 1. The maximum atomic E-state index is 13.6. The van der Waals surface area contributed by atoms with Gasteiger partial charge in [0.05, 0.1) is 6.04 Å². The topological polar surface area (TPSA) is 81.4 Å². The fourth-order valence-electron chi connectivity index (χ4n) is 3.12. The smallest absolute Gasteiger partial charge is 0.223 e. The normalized spacial score (nSPS) is 15.7. The molecule has 7 heteroatoms. The molecule has 0 heterocycles. The average Bonchev–Trinajstić information content (AvgIpc) is 3.16. The van der Waals surface area contributed by atoms with E-state index >= 15 is 0 Å². The fourth-order valence-corrected chi connectivity index (χ4v) is 3.12. The largest absolute Gasteiger partial charge is 0.483 e. The highest BCUT2D eigenvalue weighted by molar-refractivity contribution is 5.90. The van der Waals surface area contributed by atoms with Gasteiger partial charge in [-0.15, -0.1) is 0 Å². The van der Waals surface area contributed by atoms with Crippen LogP contribution in [-0.2, 0) is 9.59 Å². The predicted octanol–water partition coefficient (Wildman–Crippen LogP) is 2.72. The number of halogens is 2. The average molecular weight is 368 g/mol. The number of hydrogen-bond donors (Lipinski definition) is 2. The molecular formula is C19H26F2N2O3. The summed E-state index contributed by atoms with van der Waals surface area (Å²) in [6, 6.07) is 2.10. The summed E-state index contributed by atoms with van der Waals surface area (Å²) < 4.78 is 31.9. The zero-order valence-corrected chi connectivity index (χ0v) is 14.8. The van der Waals surface area contributed by atoms with Crippen LogP contribution in [0.2, 0.25) is 0 Å². The van der Waals surface area contributed by atoms with Gasteiger partial charge in [0.15, 0.2) is 17.3 Å². The van der Waals surface area contributed by atoms with Crippen LogP contribution >= 0.6 is 0 Å². The Labute approximate surface area is 152 Å². The Morgan fingerprint density at radius 3 is 2.65 bits per heavy atom. The summed E-state index contributed by atoms with van der Waals surface area (Å²) >= 11 is 0. The lowest BCUT2D eigenvalue weighted by molar-refractivity contribution is -0.131. The predicted molar refractivity (Wildman–Crippen MR) is 93.7 cm³/mol. The molecule has 0 radical (unpaired) electrons. The molecule has 1 unspecified atom stereocenters. The minimum Gasteiger partial charge on any atom is -0.483 e. The second-order valence-corrected chi connectivity index (χ2v) is 6.66. The van der Waals surface area contributed by atoms with Crippen LogP contribution in [-0.4, -0.2) is 30.9 Å². The van der Waals surface area contributed by atoms with Gasteiger partial charge in [0, 0.05) is 12.0 Å². The van der Waals surface area contributed by atoms with Crippen molar-refractivity contribution >= 4 is 11.7 Å². The molecule has 1 amide bonds. The molecule has 0 aliphatic heterocycles. The number of amides is 1. The molecule has 1 fully saturated rings. The monoisotopic (exact) mass is 368 g/mol. The minimum atomic E-state index is -0.742. The summed E-state index contributed by atoms with van der Waals surface area (Å²) in [6.07, 6.45) is 5.58. The standard InChI is InChI=1S/C19H26F2N2O3/c20-14-8-9-15(21)18(11-14)26-12-17(24)16(7-3-4-10-22)23-19(25)13-5-1-2-6-13/h8-9,11,13,16H,1-7,10,12,22H2,(H,23,25). The molecular weight excluding hydrogens is 342 g/mol. The van der Waals surface area contributed by atoms with Gasteiger partial charge >= 0.3 is 0 Å². The molecule has 1 aromatic rings.